The second-order valence-electron chi connectivity index (χ2n) is 4.40. The maximum atomic E-state index is 10.7. The third-order valence-electron chi connectivity index (χ3n) is 3.59. The molecule has 1 aromatic rings. The molecule has 0 amide bonds. The Morgan fingerprint density at radius 3 is 2.80 bits per heavy atom. The first-order valence-corrected chi connectivity index (χ1v) is 5.75. The van der Waals surface area contributed by atoms with Crippen LogP contribution in [-0.4, -0.2) is 15.1 Å². The Morgan fingerprint density at radius 1 is 1.40 bits per heavy atom. The van der Waals surface area contributed by atoms with Gasteiger partial charge in [0.2, 0.25) is 0 Å². The van der Waals surface area contributed by atoms with Crippen molar-refractivity contribution in [3.63, 3.8) is 0 Å². The van der Waals surface area contributed by atoms with E-state index in [0.29, 0.717) is 5.92 Å². The van der Waals surface area contributed by atoms with Gasteiger partial charge in [-0.1, -0.05) is 26.2 Å². The molecule has 2 unspecified atom stereocenters. The van der Waals surface area contributed by atoms with Crippen LogP contribution in [-0.2, 0) is 5.60 Å². The zero-order valence-electron chi connectivity index (χ0n) is 9.19. The molecule has 0 aromatic carbocycles. The van der Waals surface area contributed by atoms with Crippen LogP contribution in [0.4, 0.5) is 0 Å². The SMILES string of the molecule is CCC1CCCCC1(O)c1cncnc1. The molecule has 1 heterocycles. The van der Waals surface area contributed by atoms with Crippen molar-refractivity contribution in [3.05, 3.63) is 24.3 Å². The van der Waals surface area contributed by atoms with E-state index in [0.717, 1.165) is 31.2 Å². The first kappa shape index (κ1) is 10.6. The van der Waals surface area contributed by atoms with Crippen molar-refractivity contribution < 1.29 is 5.11 Å². The van der Waals surface area contributed by atoms with Crippen molar-refractivity contribution in [2.45, 2.75) is 44.6 Å². The summed E-state index contributed by atoms with van der Waals surface area (Å²) in [6.07, 6.45) is 10.3. The topological polar surface area (TPSA) is 46.0 Å². The summed E-state index contributed by atoms with van der Waals surface area (Å²) in [5.74, 6) is 0.359. The molecule has 0 bridgehead atoms. The number of rotatable bonds is 2. The fourth-order valence-electron chi connectivity index (χ4n) is 2.67. The Labute approximate surface area is 90.6 Å². The van der Waals surface area contributed by atoms with E-state index in [2.05, 4.69) is 16.9 Å². The third-order valence-corrected chi connectivity index (χ3v) is 3.59. The summed E-state index contributed by atoms with van der Waals surface area (Å²) in [6, 6.07) is 0. The quantitative estimate of drug-likeness (QED) is 0.807. The average Bonchev–Trinajstić information content (AvgIpc) is 2.31. The second-order valence-corrected chi connectivity index (χ2v) is 4.40. The standard InChI is InChI=1S/C12H18N2O/c1-2-10-5-3-4-6-12(10,15)11-7-13-9-14-8-11/h7-10,15H,2-6H2,1H3. The highest BCUT2D eigenvalue weighted by atomic mass is 16.3. The van der Waals surface area contributed by atoms with Crippen LogP contribution in [0.5, 0.6) is 0 Å². The summed E-state index contributed by atoms with van der Waals surface area (Å²) in [6.45, 7) is 2.14. The van der Waals surface area contributed by atoms with Crippen molar-refractivity contribution in [2.24, 2.45) is 5.92 Å². The molecule has 0 aliphatic heterocycles. The van der Waals surface area contributed by atoms with Gasteiger partial charge in [-0.05, 0) is 18.8 Å². The van der Waals surface area contributed by atoms with E-state index in [1.165, 1.54) is 12.7 Å². The lowest BCUT2D eigenvalue weighted by atomic mass is 9.71. The van der Waals surface area contributed by atoms with E-state index >= 15 is 0 Å². The maximum absolute atomic E-state index is 10.7. The molecule has 2 atom stereocenters. The predicted molar refractivity (Wildman–Crippen MR) is 58.2 cm³/mol. The molecule has 1 saturated carbocycles. The molecule has 1 aromatic heterocycles. The van der Waals surface area contributed by atoms with Gasteiger partial charge in [0.05, 0.1) is 5.60 Å². The van der Waals surface area contributed by atoms with Crippen molar-refractivity contribution in [3.8, 4) is 0 Å². The largest absolute Gasteiger partial charge is 0.385 e. The Bertz CT molecular complexity index is 315. The van der Waals surface area contributed by atoms with Gasteiger partial charge in [-0.2, -0.15) is 0 Å². The van der Waals surface area contributed by atoms with Gasteiger partial charge in [0.15, 0.2) is 0 Å². The van der Waals surface area contributed by atoms with E-state index in [4.69, 9.17) is 0 Å². The fourth-order valence-corrected chi connectivity index (χ4v) is 2.67. The first-order valence-electron chi connectivity index (χ1n) is 5.75. The van der Waals surface area contributed by atoms with Crippen molar-refractivity contribution >= 4 is 0 Å². The summed E-state index contributed by atoms with van der Waals surface area (Å²) in [4.78, 5) is 8.01. The van der Waals surface area contributed by atoms with Gasteiger partial charge in [0, 0.05) is 18.0 Å². The molecule has 3 nitrogen and oxygen atoms in total. The molecular weight excluding hydrogens is 188 g/mol. The number of nitrogens with zero attached hydrogens (tertiary/aromatic N) is 2. The van der Waals surface area contributed by atoms with E-state index in [-0.39, 0.29) is 0 Å². The summed E-state index contributed by atoms with van der Waals surface area (Å²) in [5, 5.41) is 10.7. The molecule has 0 radical (unpaired) electrons. The minimum Gasteiger partial charge on any atom is -0.385 e. The van der Waals surface area contributed by atoms with Crippen molar-refractivity contribution in [1.82, 2.24) is 9.97 Å². The van der Waals surface area contributed by atoms with Gasteiger partial charge in [0.1, 0.15) is 6.33 Å². The van der Waals surface area contributed by atoms with Crippen LogP contribution in [0.2, 0.25) is 0 Å². The van der Waals surface area contributed by atoms with Crippen LogP contribution in [0.1, 0.15) is 44.6 Å². The summed E-state index contributed by atoms with van der Waals surface area (Å²) in [5.41, 5.74) is 0.199. The highest BCUT2D eigenvalue weighted by Gasteiger charge is 2.39. The Morgan fingerprint density at radius 2 is 2.13 bits per heavy atom. The second kappa shape index (κ2) is 4.27. The summed E-state index contributed by atoms with van der Waals surface area (Å²) in [7, 11) is 0. The van der Waals surface area contributed by atoms with Crippen LogP contribution in [0, 0.1) is 5.92 Å². The monoisotopic (exact) mass is 206 g/mol. The lowest BCUT2D eigenvalue weighted by Crippen LogP contribution is -2.37. The van der Waals surface area contributed by atoms with Crippen LogP contribution < -0.4 is 0 Å². The van der Waals surface area contributed by atoms with Gasteiger partial charge < -0.3 is 5.11 Å². The molecule has 0 saturated heterocycles. The molecule has 1 aliphatic carbocycles. The molecular formula is C12H18N2O. The zero-order valence-corrected chi connectivity index (χ0v) is 9.19. The number of aliphatic hydroxyl groups is 1. The lowest BCUT2D eigenvalue weighted by Gasteiger charge is -2.39. The molecule has 2 rings (SSSR count). The van der Waals surface area contributed by atoms with Crippen LogP contribution in [0.15, 0.2) is 18.7 Å². The molecule has 15 heavy (non-hydrogen) atoms. The Balaban J connectivity index is 2.30. The van der Waals surface area contributed by atoms with Gasteiger partial charge in [-0.25, -0.2) is 9.97 Å². The number of aromatic nitrogens is 2. The van der Waals surface area contributed by atoms with E-state index in [9.17, 15) is 5.11 Å². The third kappa shape index (κ3) is 1.88. The number of hydrogen-bond donors (Lipinski definition) is 1. The molecule has 1 N–H and O–H groups in total. The van der Waals surface area contributed by atoms with Gasteiger partial charge in [-0.15, -0.1) is 0 Å². The van der Waals surface area contributed by atoms with E-state index in [1.54, 1.807) is 12.4 Å². The van der Waals surface area contributed by atoms with Gasteiger partial charge in [0.25, 0.3) is 0 Å². The highest BCUT2D eigenvalue weighted by molar-refractivity contribution is 5.16. The molecule has 1 fully saturated rings. The van der Waals surface area contributed by atoms with Gasteiger partial charge in [-0.3, -0.25) is 0 Å². The normalized spacial score (nSPS) is 31.5. The van der Waals surface area contributed by atoms with Crippen molar-refractivity contribution in [1.29, 1.82) is 0 Å². The molecule has 0 spiro atoms. The van der Waals surface area contributed by atoms with Crippen molar-refractivity contribution in [2.75, 3.05) is 0 Å². The Hall–Kier alpha value is -0.960. The van der Waals surface area contributed by atoms with Crippen LogP contribution >= 0.6 is 0 Å². The minimum atomic E-state index is -0.686. The predicted octanol–water partition coefficient (Wildman–Crippen LogP) is 2.26. The van der Waals surface area contributed by atoms with Crippen LogP contribution in [0.3, 0.4) is 0 Å². The maximum Gasteiger partial charge on any atom is 0.115 e. The van der Waals surface area contributed by atoms with Crippen LogP contribution in [0.25, 0.3) is 0 Å². The lowest BCUT2D eigenvalue weighted by molar-refractivity contribution is -0.0562. The fraction of sp³-hybridized carbons (Fsp3) is 0.667. The summed E-state index contributed by atoms with van der Waals surface area (Å²) < 4.78 is 0. The minimum absolute atomic E-state index is 0.359. The molecule has 1 aliphatic rings. The summed E-state index contributed by atoms with van der Waals surface area (Å²) >= 11 is 0. The first-order chi connectivity index (χ1) is 7.27. The Kier molecular flexibility index (Phi) is 3.00. The van der Waals surface area contributed by atoms with E-state index in [1.807, 2.05) is 0 Å². The molecule has 3 heteroatoms. The van der Waals surface area contributed by atoms with E-state index < -0.39 is 5.60 Å². The highest BCUT2D eigenvalue weighted by Crippen LogP contribution is 2.42. The average molecular weight is 206 g/mol. The zero-order chi connectivity index (χ0) is 10.7. The number of hydrogen-bond acceptors (Lipinski definition) is 3. The van der Waals surface area contributed by atoms with Gasteiger partial charge >= 0.3 is 0 Å². The smallest absolute Gasteiger partial charge is 0.115 e. The molecule has 82 valence electrons.